The van der Waals surface area contributed by atoms with Gasteiger partial charge in [0.05, 0.1) is 5.69 Å². The number of rotatable bonds is 1. The fraction of sp³-hybridized carbons (Fsp3) is 0.250. The van der Waals surface area contributed by atoms with Crippen molar-refractivity contribution in [1.82, 2.24) is 4.98 Å². The summed E-state index contributed by atoms with van der Waals surface area (Å²) in [5, 5.41) is 5.19. The van der Waals surface area contributed by atoms with Crippen molar-refractivity contribution in [2.45, 2.75) is 11.3 Å². The summed E-state index contributed by atoms with van der Waals surface area (Å²) in [6.07, 6.45) is 0. The molecule has 0 unspecified atom stereocenters. The Balaban J connectivity index is 3.29. The van der Waals surface area contributed by atoms with Crippen LogP contribution in [0.3, 0.4) is 0 Å². The molecule has 0 saturated carbocycles. The van der Waals surface area contributed by atoms with Gasteiger partial charge in [0.15, 0.2) is 0 Å². The predicted molar refractivity (Wildman–Crippen MR) is 42.6 cm³/mol. The zero-order valence-electron chi connectivity index (χ0n) is 5.73. The molecular weight excluding hydrogens is 186 g/mol. The average Bonchev–Trinajstić information content (AvgIpc) is 2.11. The standard InChI is InChI=1S/C4H7N3O2S2/c1-2-3(5)10-4(7-2)11(6,8)9/h5H2,1H3,(H2,6,8,9). The minimum Gasteiger partial charge on any atom is -0.389 e. The first kappa shape index (κ1) is 8.44. The van der Waals surface area contributed by atoms with E-state index >= 15 is 0 Å². The van der Waals surface area contributed by atoms with Crippen molar-refractivity contribution in [3.8, 4) is 0 Å². The summed E-state index contributed by atoms with van der Waals surface area (Å²) in [7, 11) is -3.68. The van der Waals surface area contributed by atoms with Gasteiger partial charge in [0.25, 0.3) is 10.0 Å². The summed E-state index contributed by atoms with van der Waals surface area (Å²) in [4.78, 5) is 3.66. The van der Waals surface area contributed by atoms with Crippen LogP contribution in [0.25, 0.3) is 0 Å². The number of primary sulfonamides is 1. The van der Waals surface area contributed by atoms with Crippen molar-refractivity contribution in [3.05, 3.63) is 5.69 Å². The Morgan fingerprint density at radius 2 is 2.09 bits per heavy atom. The highest BCUT2D eigenvalue weighted by Crippen LogP contribution is 2.22. The van der Waals surface area contributed by atoms with Gasteiger partial charge in [-0.15, -0.1) is 0 Å². The van der Waals surface area contributed by atoms with E-state index in [1.807, 2.05) is 0 Å². The third kappa shape index (κ3) is 1.67. The van der Waals surface area contributed by atoms with Crippen LogP contribution in [0.2, 0.25) is 0 Å². The van der Waals surface area contributed by atoms with Crippen molar-refractivity contribution in [1.29, 1.82) is 0 Å². The van der Waals surface area contributed by atoms with Crippen molar-refractivity contribution in [3.63, 3.8) is 0 Å². The molecule has 1 heterocycles. The van der Waals surface area contributed by atoms with E-state index in [4.69, 9.17) is 10.9 Å². The maximum atomic E-state index is 10.7. The SMILES string of the molecule is Cc1nc(S(N)(=O)=O)sc1N. The molecule has 5 nitrogen and oxygen atoms in total. The molecule has 0 bridgehead atoms. The molecule has 7 heteroatoms. The summed E-state index contributed by atoms with van der Waals surface area (Å²) in [6.45, 7) is 1.63. The van der Waals surface area contributed by atoms with E-state index in [0.29, 0.717) is 10.7 Å². The molecule has 0 spiro atoms. The highest BCUT2D eigenvalue weighted by Gasteiger charge is 2.14. The van der Waals surface area contributed by atoms with E-state index in [9.17, 15) is 8.42 Å². The van der Waals surface area contributed by atoms with Gasteiger partial charge in [0.2, 0.25) is 4.34 Å². The lowest BCUT2D eigenvalue weighted by atomic mass is 10.5. The van der Waals surface area contributed by atoms with E-state index in [-0.39, 0.29) is 4.34 Å². The van der Waals surface area contributed by atoms with Crippen LogP contribution in [0.15, 0.2) is 4.34 Å². The largest absolute Gasteiger partial charge is 0.389 e. The minimum atomic E-state index is -3.68. The maximum absolute atomic E-state index is 10.7. The van der Waals surface area contributed by atoms with Crippen LogP contribution in [0.5, 0.6) is 0 Å². The molecule has 1 rings (SSSR count). The number of thiazole rings is 1. The van der Waals surface area contributed by atoms with Gasteiger partial charge in [-0.25, -0.2) is 18.5 Å². The van der Waals surface area contributed by atoms with Gasteiger partial charge in [-0.3, -0.25) is 0 Å². The molecule has 11 heavy (non-hydrogen) atoms. The Morgan fingerprint density at radius 3 is 2.27 bits per heavy atom. The van der Waals surface area contributed by atoms with Gasteiger partial charge >= 0.3 is 0 Å². The molecule has 0 aromatic carbocycles. The molecule has 4 N–H and O–H groups in total. The van der Waals surface area contributed by atoms with Crippen LogP contribution in [-0.4, -0.2) is 13.4 Å². The van der Waals surface area contributed by atoms with E-state index in [2.05, 4.69) is 4.98 Å². The summed E-state index contributed by atoms with van der Waals surface area (Å²) in [6, 6.07) is 0. The van der Waals surface area contributed by atoms with Crippen LogP contribution in [-0.2, 0) is 10.0 Å². The quantitative estimate of drug-likeness (QED) is 0.638. The van der Waals surface area contributed by atoms with Gasteiger partial charge in [-0.1, -0.05) is 11.3 Å². The van der Waals surface area contributed by atoms with Gasteiger partial charge in [-0.2, -0.15) is 0 Å². The molecule has 0 amide bonds. The number of nitrogens with zero attached hydrogens (tertiary/aromatic N) is 1. The van der Waals surface area contributed by atoms with Gasteiger partial charge < -0.3 is 5.73 Å². The van der Waals surface area contributed by atoms with E-state index in [1.54, 1.807) is 6.92 Å². The molecule has 62 valence electrons. The predicted octanol–water partition coefficient (Wildman–Crippen LogP) is -0.319. The number of aromatic nitrogens is 1. The molecule has 0 saturated heterocycles. The smallest absolute Gasteiger partial charge is 0.265 e. The number of aryl methyl sites for hydroxylation is 1. The highest BCUT2D eigenvalue weighted by atomic mass is 32.2. The lowest BCUT2D eigenvalue weighted by Crippen LogP contribution is -2.11. The van der Waals surface area contributed by atoms with E-state index in [1.165, 1.54) is 0 Å². The van der Waals surface area contributed by atoms with Crippen LogP contribution in [0.4, 0.5) is 5.00 Å². The number of sulfonamides is 1. The van der Waals surface area contributed by atoms with E-state index < -0.39 is 10.0 Å². The van der Waals surface area contributed by atoms with Crippen LogP contribution < -0.4 is 10.9 Å². The lowest BCUT2D eigenvalue weighted by Gasteiger charge is -1.85. The second-order valence-electron chi connectivity index (χ2n) is 1.97. The molecular formula is C4H7N3O2S2. The third-order valence-corrected chi connectivity index (χ3v) is 3.36. The van der Waals surface area contributed by atoms with Crippen LogP contribution in [0, 0.1) is 6.92 Å². The second-order valence-corrected chi connectivity index (χ2v) is 4.74. The maximum Gasteiger partial charge on any atom is 0.265 e. The molecule has 1 aromatic heterocycles. The normalized spacial score (nSPS) is 11.8. The Labute approximate surface area is 68.1 Å². The molecule has 0 atom stereocenters. The first-order chi connectivity index (χ1) is 4.91. The highest BCUT2D eigenvalue weighted by molar-refractivity contribution is 7.91. The number of hydrogen-bond acceptors (Lipinski definition) is 5. The van der Waals surface area contributed by atoms with Crippen molar-refractivity contribution >= 4 is 26.4 Å². The van der Waals surface area contributed by atoms with Crippen molar-refractivity contribution in [2.75, 3.05) is 5.73 Å². The molecule has 0 radical (unpaired) electrons. The number of hydrogen-bond donors (Lipinski definition) is 2. The first-order valence-electron chi connectivity index (χ1n) is 2.67. The molecule has 0 aliphatic heterocycles. The lowest BCUT2D eigenvalue weighted by molar-refractivity contribution is 0.597. The first-order valence-corrected chi connectivity index (χ1v) is 5.03. The Morgan fingerprint density at radius 1 is 1.55 bits per heavy atom. The molecule has 0 fully saturated rings. The monoisotopic (exact) mass is 193 g/mol. The Bertz CT molecular complexity index is 347. The average molecular weight is 193 g/mol. The number of anilines is 1. The fourth-order valence-corrected chi connectivity index (χ4v) is 2.07. The zero-order chi connectivity index (χ0) is 8.65. The summed E-state index contributed by atoms with van der Waals surface area (Å²) in [5.74, 6) is 0. The van der Waals surface area contributed by atoms with Crippen molar-refractivity contribution < 1.29 is 8.42 Å². The molecule has 0 aliphatic rings. The summed E-state index contributed by atoms with van der Waals surface area (Å²) >= 11 is 0.875. The topological polar surface area (TPSA) is 99.1 Å². The third-order valence-electron chi connectivity index (χ3n) is 1.06. The number of nitrogen functional groups attached to an aromatic ring is 1. The summed E-state index contributed by atoms with van der Waals surface area (Å²) < 4.78 is 21.2. The van der Waals surface area contributed by atoms with Gasteiger partial charge in [0, 0.05) is 0 Å². The molecule has 0 aliphatic carbocycles. The fourth-order valence-electron chi connectivity index (χ4n) is 0.504. The molecule has 1 aromatic rings. The van der Waals surface area contributed by atoms with E-state index in [0.717, 1.165) is 11.3 Å². The van der Waals surface area contributed by atoms with Gasteiger partial charge in [0.1, 0.15) is 5.00 Å². The van der Waals surface area contributed by atoms with Crippen LogP contribution >= 0.6 is 11.3 Å². The summed E-state index contributed by atoms with van der Waals surface area (Å²) in [5.41, 5.74) is 5.87. The van der Waals surface area contributed by atoms with Gasteiger partial charge in [-0.05, 0) is 6.92 Å². The Hall–Kier alpha value is -0.660. The second kappa shape index (κ2) is 2.43. The van der Waals surface area contributed by atoms with Crippen molar-refractivity contribution in [2.24, 2.45) is 5.14 Å². The van der Waals surface area contributed by atoms with Crippen LogP contribution in [0.1, 0.15) is 5.69 Å². The Kier molecular flexibility index (Phi) is 1.87. The minimum absolute atomic E-state index is 0.132. The zero-order valence-corrected chi connectivity index (χ0v) is 7.37. The number of nitrogens with two attached hydrogens (primary N) is 2.